The Hall–Kier alpha value is -2.80. The highest BCUT2D eigenvalue weighted by molar-refractivity contribution is 8.00. The van der Waals surface area contributed by atoms with E-state index < -0.39 is 0 Å². The molecule has 1 N–H and O–H groups in total. The highest BCUT2D eigenvalue weighted by Gasteiger charge is 2.21. The third kappa shape index (κ3) is 4.67. The Morgan fingerprint density at radius 1 is 1.10 bits per heavy atom. The summed E-state index contributed by atoms with van der Waals surface area (Å²) in [6.45, 7) is 8.16. The summed E-state index contributed by atoms with van der Waals surface area (Å²) < 4.78 is 7.11. The van der Waals surface area contributed by atoms with Crippen molar-refractivity contribution in [3.8, 4) is 17.1 Å². The Kier molecular flexibility index (Phi) is 6.82. The average Bonchev–Trinajstić information content (AvgIpc) is 3.09. The number of rotatable bonds is 7. The smallest absolute Gasteiger partial charge is 0.237 e. The van der Waals surface area contributed by atoms with Crippen LogP contribution in [0.15, 0.2) is 47.6 Å². The first-order chi connectivity index (χ1) is 14.3. The number of benzene rings is 2. The van der Waals surface area contributed by atoms with Crippen molar-refractivity contribution < 1.29 is 9.53 Å². The van der Waals surface area contributed by atoms with Gasteiger partial charge >= 0.3 is 0 Å². The maximum atomic E-state index is 12.9. The van der Waals surface area contributed by atoms with Gasteiger partial charge in [0.2, 0.25) is 5.91 Å². The van der Waals surface area contributed by atoms with Gasteiger partial charge in [-0.15, -0.1) is 10.2 Å². The highest BCUT2D eigenvalue weighted by atomic mass is 32.2. The molecule has 0 spiro atoms. The molecule has 0 aliphatic carbocycles. The molecule has 2 aromatic carbocycles. The van der Waals surface area contributed by atoms with E-state index in [1.807, 2.05) is 61.9 Å². The molecule has 1 amide bonds. The SMILES string of the molecule is COc1ccc(-c2nnc(S[C@@H](C)C(=O)Nc3c(C)cccc3C(C)C)n2C)cc1. The number of aromatic nitrogens is 3. The summed E-state index contributed by atoms with van der Waals surface area (Å²) in [6.07, 6.45) is 0. The van der Waals surface area contributed by atoms with Gasteiger partial charge in [-0.25, -0.2) is 0 Å². The van der Waals surface area contributed by atoms with Gasteiger partial charge in [0.25, 0.3) is 0 Å². The molecule has 0 bridgehead atoms. The number of thioether (sulfide) groups is 1. The fourth-order valence-corrected chi connectivity index (χ4v) is 4.00. The second-order valence-electron chi connectivity index (χ2n) is 7.54. The third-order valence-electron chi connectivity index (χ3n) is 5.01. The summed E-state index contributed by atoms with van der Waals surface area (Å²) in [6, 6.07) is 13.8. The lowest BCUT2D eigenvalue weighted by atomic mass is 9.98. The zero-order valence-electron chi connectivity index (χ0n) is 18.3. The van der Waals surface area contributed by atoms with E-state index in [-0.39, 0.29) is 11.2 Å². The number of methoxy groups -OCH3 is 1. The quantitative estimate of drug-likeness (QED) is 0.538. The van der Waals surface area contributed by atoms with E-state index in [4.69, 9.17) is 4.74 Å². The second kappa shape index (κ2) is 9.34. The van der Waals surface area contributed by atoms with E-state index in [9.17, 15) is 4.79 Å². The Morgan fingerprint density at radius 2 is 1.80 bits per heavy atom. The molecule has 3 aromatic rings. The number of aryl methyl sites for hydroxylation is 1. The topological polar surface area (TPSA) is 69.0 Å². The molecular weight excluding hydrogens is 396 g/mol. The van der Waals surface area contributed by atoms with Crippen LogP contribution in [0.1, 0.15) is 37.8 Å². The molecule has 0 radical (unpaired) electrons. The molecule has 0 unspecified atom stereocenters. The zero-order chi connectivity index (χ0) is 21.8. The van der Waals surface area contributed by atoms with Crippen molar-refractivity contribution in [3.05, 3.63) is 53.6 Å². The largest absolute Gasteiger partial charge is 0.497 e. The predicted octanol–water partition coefficient (Wildman–Crippen LogP) is 5.04. The van der Waals surface area contributed by atoms with E-state index in [2.05, 4.69) is 35.4 Å². The van der Waals surface area contributed by atoms with Crippen molar-refractivity contribution in [2.24, 2.45) is 7.05 Å². The number of nitrogens with zero attached hydrogens (tertiary/aromatic N) is 3. The van der Waals surface area contributed by atoms with Crippen molar-refractivity contribution in [3.63, 3.8) is 0 Å². The maximum Gasteiger partial charge on any atom is 0.237 e. The van der Waals surface area contributed by atoms with Crippen LogP contribution in [-0.4, -0.2) is 33.0 Å². The van der Waals surface area contributed by atoms with Crippen molar-refractivity contribution in [1.29, 1.82) is 0 Å². The van der Waals surface area contributed by atoms with E-state index in [0.717, 1.165) is 34.0 Å². The van der Waals surface area contributed by atoms with E-state index in [1.165, 1.54) is 11.8 Å². The molecule has 1 aromatic heterocycles. The predicted molar refractivity (Wildman–Crippen MR) is 122 cm³/mol. The first kappa shape index (κ1) is 21.9. The standard InChI is InChI=1S/C23H28N4O2S/c1-14(2)19-9-7-8-15(3)20(19)24-22(28)16(4)30-23-26-25-21(27(23)5)17-10-12-18(29-6)13-11-17/h7-14,16H,1-6H3,(H,24,28)/t16-/m0/s1. The van der Waals surface area contributed by atoms with Gasteiger partial charge in [0.05, 0.1) is 12.4 Å². The molecule has 6 nitrogen and oxygen atoms in total. The van der Waals surface area contributed by atoms with Crippen LogP contribution in [0.5, 0.6) is 5.75 Å². The number of anilines is 1. The van der Waals surface area contributed by atoms with Gasteiger partial charge in [0, 0.05) is 18.3 Å². The number of para-hydroxylation sites is 1. The Balaban J connectivity index is 1.74. The number of amides is 1. The normalized spacial score (nSPS) is 12.1. The molecule has 1 atom stereocenters. The average molecular weight is 425 g/mol. The molecule has 1 heterocycles. The van der Waals surface area contributed by atoms with Gasteiger partial charge in [-0.2, -0.15) is 0 Å². The van der Waals surface area contributed by atoms with Crippen LogP contribution in [0.2, 0.25) is 0 Å². The van der Waals surface area contributed by atoms with Crippen LogP contribution in [0, 0.1) is 6.92 Å². The monoisotopic (exact) mass is 424 g/mol. The minimum atomic E-state index is -0.323. The summed E-state index contributed by atoms with van der Waals surface area (Å²) in [7, 11) is 3.55. The van der Waals surface area contributed by atoms with Gasteiger partial charge < -0.3 is 14.6 Å². The first-order valence-electron chi connectivity index (χ1n) is 9.92. The lowest BCUT2D eigenvalue weighted by molar-refractivity contribution is -0.115. The minimum absolute atomic E-state index is 0.0507. The van der Waals surface area contributed by atoms with Crippen molar-refractivity contribution in [2.45, 2.75) is 44.0 Å². The summed E-state index contributed by atoms with van der Waals surface area (Å²) in [5, 5.41) is 12.1. The lowest BCUT2D eigenvalue weighted by Gasteiger charge is -2.18. The van der Waals surface area contributed by atoms with Gasteiger partial charge in [0.1, 0.15) is 5.75 Å². The maximum absolute atomic E-state index is 12.9. The summed E-state index contributed by atoms with van der Waals surface area (Å²) >= 11 is 1.39. The van der Waals surface area contributed by atoms with Crippen LogP contribution in [-0.2, 0) is 11.8 Å². The molecule has 0 aliphatic heterocycles. The number of hydrogen-bond donors (Lipinski definition) is 1. The summed E-state index contributed by atoms with van der Waals surface area (Å²) in [4.78, 5) is 12.9. The van der Waals surface area contributed by atoms with Gasteiger partial charge in [0.15, 0.2) is 11.0 Å². The first-order valence-corrected chi connectivity index (χ1v) is 10.8. The van der Waals surface area contributed by atoms with Crippen LogP contribution in [0.3, 0.4) is 0 Å². The van der Waals surface area contributed by atoms with E-state index >= 15 is 0 Å². The molecule has 0 saturated carbocycles. The van der Waals surface area contributed by atoms with Crippen molar-refractivity contribution in [1.82, 2.24) is 14.8 Å². The van der Waals surface area contributed by atoms with Gasteiger partial charge in [-0.3, -0.25) is 4.79 Å². The van der Waals surface area contributed by atoms with E-state index in [1.54, 1.807) is 7.11 Å². The zero-order valence-corrected chi connectivity index (χ0v) is 19.1. The molecule has 0 saturated heterocycles. The fraction of sp³-hybridized carbons (Fsp3) is 0.348. The number of carbonyl (C=O) groups excluding carboxylic acids is 1. The Bertz CT molecular complexity index is 1030. The van der Waals surface area contributed by atoms with Crippen LogP contribution < -0.4 is 10.1 Å². The molecule has 7 heteroatoms. The number of hydrogen-bond acceptors (Lipinski definition) is 5. The molecule has 158 valence electrons. The number of carbonyl (C=O) groups is 1. The molecule has 3 rings (SSSR count). The van der Waals surface area contributed by atoms with Gasteiger partial charge in [-0.1, -0.05) is 43.8 Å². The second-order valence-corrected chi connectivity index (χ2v) is 8.84. The molecule has 0 fully saturated rings. The van der Waals surface area contributed by atoms with Crippen LogP contribution in [0.4, 0.5) is 5.69 Å². The van der Waals surface area contributed by atoms with Crippen molar-refractivity contribution >= 4 is 23.4 Å². The molecule has 0 aliphatic rings. The Morgan fingerprint density at radius 3 is 2.43 bits per heavy atom. The fourth-order valence-electron chi connectivity index (χ4n) is 3.19. The third-order valence-corrected chi connectivity index (χ3v) is 6.14. The minimum Gasteiger partial charge on any atom is -0.497 e. The van der Waals surface area contributed by atoms with Crippen molar-refractivity contribution in [2.75, 3.05) is 12.4 Å². The van der Waals surface area contributed by atoms with E-state index in [0.29, 0.717) is 11.1 Å². The summed E-state index contributed by atoms with van der Waals surface area (Å²) in [5.41, 5.74) is 4.05. The van der Waals surface area contributed by atoms with Crippen LogP contribution >= 0.6 is 11.8 Å². The number of ether oxygens (including phenoxy) is 1. The number of nitrogens with one attached hydrogen (secondary N) is 1. The van der Waals surface area contributed by atoms with Gasteiger partial charge in [-0.05, 0) is 55.2 Å². The summed E-state index contributed by atoms with van der Waals surface area (Å²) in [5.74, 6) is 1.81. The Labute approximate surface area is 182 Å². The highest BCUT2D eigenvalue weighted by Crippen LogP contribution is 2.30. The molecular formula is C23H28N4O2S. The van der Waals surface area contributed by atoms with Crippen LogP contribution in [0.25, 0.3) is 11.4 Å². The lowest BCUT2D eigenvalue weighted by Crippen LogP contribution is -2.24. The molecule has 30 heavy (non-hydrogen) atoms.